The van der Waals surface area contributed by atoms with Gasteiger partial charge in [0.2, 0.25) is 0 Å². The first-order valence-electron chi connectivity index (χ1n) is 3.80. The molecule has 1 rings (SSSR count). The van der Waals surface area contributed by atoms with Crippen LogP contribution < -0.4 is 10.5 Å². The molecule has 4 heteroatoms. The Morgan fingerprint density at radius 1 is 1.62 bits per heavy atom. The van der Waals surface area contributed by atoms with Crippen LogP contribution >= 0.6 is 0 Å². The van der Waals surface area contributed by atoms with E-state index in [1.807, 2.05) is 6.92 Å². The number of aryl methyl sites for hydroxylation is 1. The van der Waals surface area contributed by atoms with Gasteiger partial charge in [-0.05, 0) is 30.7 Å². The van der Waals surface area contributed by atoms with Crippen molar-refractivity contribution in [1.29, 1.82) is 0 Å². The molecule has 0 saturated heterocycles. The number of aliphatic carboxylic acids is 1. The highest BCUT2D eigenvalue weighted by atomic mass is 16.5. The zero-order valence-corrected chi connectivity index (χ0v) is 7.28. The molecule has 0 amide bonds. The first-order valence-corrected chi connectivity index (χ1v) is 3.80. The van der Waals surface area contributed by atoms with Gasteiger partial charge in [-0.1, -0.05) is 0 Å². The van der Waals surface area contributed by atoms with Crippen LogP contribution in [0.25, 0.3) is 0 Å². The normalized spacial score (nSPS) is 9.62. The first-order chi connectivity index (χ1) is 6.09. The van der Waals surface area contributed by atoms with Gasteiger partial charge in [-0.15, -0.1) is 0 Å². The predicted molar refractivity (Wildman–Crippen MR) is 48.7 cm³/mol. The molecule has 0 atom stereocenters. The van der Waals surface area contributed by atoms with Gasteiger partial charge in [0, 0.05) is 5.69 Å². The van der Waals surface area contributed by atoms with Crippen LogP contribution in [0.3, 0.4) is 0 Å². The zero-order valence-electron chi connectivity index (χ0n) is 7.28. The third-order valence-corrected chi connectivity index (χ3v) is 1.60. The van der Waals surface area contributed by atoms with E-state index in [-0.39, 0.29) is 6.61 Å². The Morgan fingerprint density at radius 2 is 2.31 bits per heavy atom. The number of hydrogen-bond donors (Lipinski definition) is 2. The number of carboxylic acids is 1. The van der Waals surface area contributed by atoms with Gasteiger partial charge >= 0.3 is 5.97 Å². The van der Waals surface area contributed by atoms with Crippen molar-refractivity contribution in [3.05, 3.63) is 23.8 Å². The van der Waals surface area contributed by atoms with Crippen molar-refractivity contribution < 1.29 is 14.6 Å². The molecule has 0 aromatic heterocycles. The lowest BCUT2D eigenvalue weighted by Crippen LogP contribution is -2.09. The Balaban J connectivity index is 2.68. The minimum Gasteiger partial charge on any atom is -0.482 e. The smallest absolute Gasteiger partial charge is 0.341 e. The van der Waals surface area contributed by atoms with E-state index in [2.05, 4.69) is 0 Å². The number of carbonyl (C=O) groups is 1. The Hall–Kier alpha value is -1.71. The second kappa shape index (κ2) is 3.80. The predicted octanol–water partition coefficient (Wildman–Crippen LogP) is 1.04. The molecule has 0 bridgehead atoms. The van der Waals surface area contributed by atoms with Crippen molar-refractivity contribution >= 4 is 11.7 Å². The quantitative estimate of drug-likeness (QED) is 0.683. The number of rotatable bonds is 3. The topological polar surface area (TPSA) is 72.5 Å². The summed E-state index contributed by atoms with van der Waals surface area (Å²) in [6, 6.07) is 5.04. The van der Waals surface area contributed by atoms with Gasteiger partial charge in [-0.2, -0.15) is 0 Å². The summed E-state index contributed by atoms with van der Waals surface area (Å²) in [6.45, 7) is 1.51. The van der Waals surface area contributed by atoms with E-state index in [0.29, 0.717) is 11.4 Å². The molecule has 0 radical (unpaired) electrons. The average molecular weight is 181 g/mol. The summed E-state index contributed by atoms with van der Waals surface area (Å²) in [6.07, 6.45) is 0. The first kappa shape index (κ1) is 9.38. The van der Waals surface area contributed by atoms with Crippen molar-refractivity contribution in [3.8, 4) is 5.75 Å². The highest BCUT2D eigenvalue weighted by Gasteiger charge is 2.00. The van der Waals surface area contributed by atoms with E-state index in [0.717, 1.165) is 5.56 Å². The summed E-state index contributed by atoms with van der Waals surface area (Å²) < 4.78 is 4.95. The van der Waals surface area contributed by atoms with Gasteiger partial charge in [0.05, 0.1) is 0 Å². The SMILES string of the molecule is Cc1cc(OCC(=O)O)ccc1N. The molecule has 0 aliphatic carbocycles. The van der Waals surface area contributed by atoms with Crippen LogP contribution in [-0.2, 0) is 4.79 Å². The van der Waals surface area contributed by atoms with Gasteiger partial charge in [0.1, 0.15) is 5.75 Å². The van der Waals surface area contributed by atoms with Crippen molar-refractivity contribution in [3.63, 3.8) is 0 Å². The fourth-order valence-corrected chi connectivity index (χ4v) is 0.883. The van der Waals surface area contributed by atoms with Crippen molar-refractivity contribution in [2.24, 2.45) is 0 Å². The fraction of sp³-hybridized carbons (Fsp3) is 0.222. The maximum absolute atomic E-state index is 10.2. The second-order valence-corrected chi connectivity index (χ2v) is 2.70. The van der Waals surface area contributed by atoms with E-state index in [1.54, 1.807) is 18.2 Å². The summed E-state index contributed by atoms with van der Waals surface area (Å²) in [5.41, 5.74) is 7.12. The number of ether oxygens (including phenoxy) is 1. The van der Waals surface area contributed by atoms with E-state index in [1.165, 1.54) is 0 Å². The number of nitrogen functional groups attached to an aromatic ring is 1. The summed E-state index contributed by atoms with van der Waals surface area (Å²) in [7, 11) is 0. The Morgan fingerprint density at radius 3 is 2.85 bits per heavy atom. The molecule has 1 aromatic rings. The van der Waals surface area contributed by atoms with Crippen molar-refractivity contribution in [2.45, 2.75) is 6.92 Å². The minimum absolute atomic E-state index is 0.330. The van der Waals surface area contributed by atoms with Crippen LogP contribution in [0.1, 0.15) is 5.56 Å². The van der Waals surface area contributed by atoms with Gasteiger partial charge < -0.3 is 15.6 Å². The van der Waals surface area contributed by atoms with Crippen molar-refractivity contribution in [2.75, 3.05) is 12.3 Å². The Kier molecular flexibility index (Phi) is 2.74. The molecule has 0 fully saturated rings. The van der Waals surface area contributed by atoms with Crippen molar-refractivity contribution in [1.82, 2.24) is 0 Å². The van der Waals surface area contributed by atoms with Gasteiger partial charge in [0.25, 0.3) is 0 Å². The third-order valence-electron chi connectivity index (χ3n) is 1.60. The molecule has 0 heterocycles. The average Bonchev–Trinajstić information content (AvgIpc) is 2.07. The largest absolute Gasteiger partial charge is 0.482 e. The Bertz CT molecular complexity index is 323. The summed E-state index contributed by atoms with van der Waals surface area (Å²) in [4.78, 5) is 10.2. The number of benzene rings is 1. The molecule has 70 valence electrons. The summed E-state index contributed by atoms with van der Waals surface area (Å²) >= 11 is 0. The highest BCUT2D eigenvalue weighted by molar-refractivity contribution is 5.68. The lowest BCUT2D eigenvalue weighted by Gasteiger charge is -2.05. The van der Waals surface area contributed by atoms with E-state index in [9.17, 15) is 4.79 Å². The molecule has 0 aliphatic heterocycles. The Labute approximate surface area is 75.9 Å². The standard InChI is InChI=1S/C9H11NO3/c1-6-4-7(2-3-8(6)10)13-5-9(11)12/h2-4H,5,10H2,1H3,(H,11,12). The molecule has 0 spiro atoms. The minimum atomic E-state index is -0.991. The molecule has 3 N–H and O–H groups in total. The van der Waals surface area contributed by atoms with Gasteiger partial charge in [-0.3, -0.25) is 0 Å². The molecule has 0 aliphatic rings. The van der Waals surface area contributed by atoms with Gasteiger partial charge in [-0.25, -0.2) is 4.79 Å². The monoisotopic (exact) mass is 181 g/mol. The lowest BCUT2D eigenvalue weighted by atomic mass is 10.2. The van der Waals surface area contributed by atoms with Crippen LogP contribution in [0.4, 0.5) is 5.69 Å². The lowest BCUT2D eigenvalue weighted by molar-refractivity contribution is -0.139. The molecule has 1 aromatic carbocycles. The number of anilines is 1. The molecule has 13 heavy (non-hydrogen) atoms. The number of hydrogen-bond acceptors (Lipinski definition) is 3. The fourth-order valence-electron chi connectivity index (χ4n) is 0.883. The van der Waals surface area contributed by atoms with Crippen LogP contribution in [0, 0.1) is 6.92 Å². The second-order valence-electron chi connectivity index (χ2n) is 2.70. The van der Waals surface area contributed by atoms with Gasteiger partial charge in [0.15, 0.2) is 6.61 Å². The van der Waals surface area contributed by atoms with E-state index < -0.39 is 5.97 Å². The maximum Gasteiger partial charge on any atom is 0.341 e. The zero-order chi connectivity index (χ0) is 9.84. The van der Waals surface area contributed by atoms with Crippen LogP contribution in [0.15, 0.2) is 18.2 Å². The van der Waals surface area contributed by atoms with Crippen LogP contribution in [-0.4, -0.2) is 17.7 Å². The summed E-state index contributed by atoms with van der Waals surface area (Å²) in [5.74, 6) is -0.469. The maximum atomic E-state index is 10.2. The molecular weight excluding hydrogens is 170 g/mol. The number of carboxylic acid groups (broad SMARTS) is 1. The molecule has 4 nitrogen and oxygen atoms in total. The molecular formula is C9H11NO3. The third kappa shape index (κ3) is 2.66. The highest BCUT2D eigenvalue weighted by Crippen LogP contribution is 2.18. The number of nitrogens with two attached hydrogens (primary N) is 1. The summed E-state index contributed by atoms with van der Waals surface area (Å²) in [5, 5.41) is 8.35. The molecule has 0 saturated carbocycles. The molecule has 0 unspecified atom stereocenters. The van der Waals surface area contributed by atoms with E-state index >= 15 is 0 Å². The van der Waals surface area contributed by atoms with Crippen LogP contribution in [0.5, 0.6) is 5.75 Å². The van der Waals surface area contributed by atoms with Crippen LogP contribution in [0.2, 0.25) is 0 Å². The van der Waals surface area contributed by atoms with E-state index in [4.69, 9.17) is 15.6 Å².